The van der Waals surface area contributed by atoms with E-state index < -0.39 is 0 Å². The SMILES string of the molecule is CC1(C)CCC(=O)N(CC(=O)c2ccco2)CC1. The van der Waals surface area contributed by atoms with Crippen LogP contribution in [0.1, 0.15) is 43.7 Å². The predicted molar refractivity (Wildman–Crippen MR) is 67.3 cm³/mol. The molecule has 0 atom stereocenters. The smallest absolute Gasteiger partial charge is 0.223 e. The Balaban J connectivity index is 2.00. The molecule has 0 N–H and O–H groups in total. The summed E-state index contributed by atoms with van der Waals surface area (Å²) in [5, 5.41) is 0. The third-order valence-electron chi connectivity index (χ3n) is 3.56. The number of carbonyl (C=O) groups excluding carboxylic acids is 2. The molecule has 0 aromatic carbocycles. The van der Waals surface area contributed by atoms with E-state index in [0.717, 1.165) is 12.8 Å². The lowest BCUT2D eigenvalue weighted by Gasteiger charge is -2.22. The standard InChI is InChI=1S/C14H19NO3/c1-14(2)6-5-13(17)15(8-7-14)10-11(16)12-4-3-9-18-12/h3-4,9H,5-8,10H2,1-2H3. The van der Waals surface area contributed by atoms with Gasteiger partial charge >= 0.3 is 0 Å². The molecule has 1 saturated heterocycles. The van der Waals surface area contributed by atoms with Gasteiger partial charge in [-0.25, -0.2) is 0 Å². The van der Waals surface area contributed by atoms with Crippen LogP contribution in [-0.2, 0) is 4.79 Å². The van der Waals surface area contributed by atoms with Crippen LogP contribution in [-0.4, -0.2) is 29.7 Å². The van der Waals surface area contributed by atoms with Gasteiger partial charge in [-0.2, -0.15) is 0 Å². The van der Waals surface area contributed by atoms with E-state index in [9.17, 15) is 9.59 Å². The molecule has 0 unspecified atom stereocenters. The summed E-state index contributed by atoms with van der Waals surface area (Å²) in [6, 6.07) is 3.31. The Labute approximate surface area is 107 Å². The average molecular weight is 249 g/mol. The summed E-state index contributed by atoms with van der Waals surface area (Å²) in [4.78, 5) is 25.5. The van der Waals surface area contributed by atoms with Crippen molar-refractivity contribution in [3.05, 3.63) is 24.2 Å². The number of hydrogen-bond acceptors (Lipinski definition) is 3. The number of hydrogen-bond donors (Lipinski definition) is 0. The first-order valence-corrected chi connectivity index (χ1v) is 6.32. The van der Waals surface area contributed by atoms with E-state index in [1.54, 1.807) is 17.0 Å². The van der Waals surface area contributed by atoms with Crippen LogP contribution in [0.3, 0.4) is 0 Å². The lowest BCUT2D eigenvalue weighted by Crippen LogP contribution is -2.35. The van der Waals surface area contributed by atoms with Crippen molar-refractivity contribution in [3.8, 4) is 0 Å². The average Bonchev–Trinajstić information content (AvgIpc) is 2.81. The molecule has 0 bridgehead atoms. The van der Waals surface area contributed by atoms with E-state index in [2.05, 4.69) is 13.8 Å². The van der Waals surface area contributed by atoms with E-state index in [-0.39, 0.29) is 23.7 Å². The van der Waals surface area contributed by atoms with E-state index in [1.165, 1.54) is 6.26 Å². The molecule has 0 radical (unpaired) electrons. The molecule has 98 valence electrons. The fraction of sp³-hybridized carbons (Fsp3) is 0.571. The summed E-state index contributed by atoms with van der Waals surface area (Å²) in [5.41, 5.74) is 0.179. The Hall–Kier alpha value is -1.58. The molecule has 4 heteroatoms. The Bertz CT molecular complexity index is 434. The van der Waals surface area contributed by atoms with E-state index in [1.807, 2.05) is 0 Å². The highest BCUT2D eigenvalue weighted by atomic mass is 16.3. The molecule has 0 spiro atoms. The molecule has 1 aromatic rings. The number of rotatable bonds is 3. The van der Waals surface area contributed by atoms with Crippen LogP contribution in [0.4, 0.5) is 0 Å². The fourth-order valence-electron chi connectivity index (χ4n) is 2.15. The first kappa shape index (κ1) is 12.9. The van der Waals surface area contributed by atoms with Gasteiger partial charge < -0.3 is 9.32 Å². The number of amides is 1. The number of nitrogens with zero attached hydrogens (tertiary/aromatic N) is 1. The first-order valence-electron chi connectivity index (χ1n) is 6.32. The fourth-order valence-corrected chi connectivity index (χ4v) is 2.15. The van der Waals surface area contributed by atoms with E-state index in [4.69, 9.17) is 4.42 Å². The van der Waals surface area contributed by atoms with Gasteiger partial charge in [0.15, 0.2) is 5.76 Å². The van der Waals surface area contributed by atoms with Crippen LogP contribution in [0.2, 0.25) is 0 Å². The maximum Gasteiger partial charge on any atom is 0.223 e. The van der Waals surface area contributed by atoms with Crippen molar-refractivity contribution in [1.82, 2.24) is 4.90 Å². The van der Waals surface area contributed by atoms with E-state index >= 15 is 0 Å². The number of furan rings is 1. The van der Waals surface area contributed by atoms with Gasteiger partial charge in [0, 0.05) is 13.0 Å². The van der Waals surface area contributed by atoms with Crippen molar-refractivity contribution in [2.75, 3.05) is 13.1 Å². The minimum atomic E-state index is -0.131. The van der Waals surface area contributed by atoms with Crippen molar-refractivity contribution in [2.45, 2.75) is 33.1 Å². The first-order chi connectivity index (χ1) is 8.48. The lowest BCUT2D eigenvalue weighted by atomic mass is 9.85. The van der Waals surface area contributed by atoms with Crippen LogP contribution in [0, 0.1) is 5.41 Å². The van der Waals surface area contributed by atoms with Crippen LogP contribution in [0.15, 0.2) is 22.8 Å². The summed E-state index contributed by atoms with van der Waals surface area (Å²) < 4.78 is 5.06. The summed E-state index contributed by atoms with van der Waals surface area (Å²) >= 11 is 0. The highest BCUT2D eigenvalue weighted by molar-refractivity contribution is 5.97. The molecule has 1 aromatic heterocycles. The maximum absolute atomic E-state index is 12.0. The minimum absolute atomic E-state index is 0.0699. The number of likely N-dealkylation sites (tertiary alicyclic amines) is 1. The molecule has 4 nitrogen and oxygen atoms in total. The lowest BCUT2D eigenvalue weighted by molar-refractivity contribution is -0.130. The second kappa shape index (κ2) is 4.96. The van der Waals surface area contributed by atoms with Gasteiger partial charge in [-0.1, -0.05) is 13.8 Å². The molecule has 18 heavy (non-hydrogen) atoms. The monoisotopic (exact) mass is 249 g/mol. The molecule has 1 aliphatic heterocycles. The van der Waals surface area contributed by atoms with Crippen LogP contribution in [0.5, 0.6) is 0 Å². The van der Waals surface area contributed by atoms with Gasteiger partial charge in [-0.05, 0) is 30.4 Å². The summed E-state index contributed by atoms with van der Waals surface area (Å²) in [6.45, 7) is 5.11. The van der Waals surface area contributed by atoms with E-state index in [0.29, 0.717) is 18.7 Å². The zero-order valence-corrected chi connectivity index (χ0v) is 10.9. The van der Waals surface area contributed by atoms with Gasteiger partial charge in [-0.3, -0.25) is 9.59 Å². The number of ketones is 1. The Morgan fingerprint density at radius 2 is 2.22 bits per heavy atom. The third-order valence-corrected chi connectivity index (χ3v) is 3.56. The Morgan fingerprint density at radius 1 is 1.44 bits per heavy atom. The van der Waals surface area contributed by atoms with Gasteiger partial charge in [-0.15, -0.1) is 0 Å². The van der Waals surface area contributed by atoms with Gasteiger partial charge in [0.25, 0.3) is 0 Å². The van der Waals surface area contributed by atoms with Crippen molar-refractivity contribution in [2.24, 2.45) is 5.41 Å². The Kier molecular flexibility index (Phi) is 3.55. The van der Waals surface area contributed by atoms with Gasteiger partial charge in [0.05, 0.1) is 12.8 Å². The van der Waals surface area contributed by atoms with Gasteiger partial charge in [0.1, 0.15) is 0 Å². The van der Waals surface area contributed by atoms with Crippen molar-refractivity contribution in [3.63, 3.8) is 0 Å². The predicted octanol–water partition coefficient (Wildman–Crippen LogP) is 2.50. The summed E-state index contributed by atoms with van der Waals surface area (Å²) in [5.74, 6) is 0.264. The van der Waals surface area contributed by atoms with Crippen LogP contribution >= 0.6 is 0 Å². The largest absolute Gasteiger partial charge is 0.461 e. The molecule has 0 aliphatic carbocycles. The van der Waals surface area contributed by atoms with Crippen molar-refractivity contribution >= 4 is 11.7 Å². The van der Waals surface area contributed by atoms with Crippen molar-refractivity contribution in [1.29, 1.82) is 0 Å². The van der Waals surface area contributed by atoms with Crippen LogP contribution in [0.25, 0.3) is 0 Å². The molecule has 1 amide bonds. The molecule has 1 fully saturated rings. The summed E-state index contributed by atoms with van der Waals surface area (Å²) in [7, 11) is 0. The second-order valence-corrected chi connectivity index (χ2v) is 5.63. The molecule has 2 heterocycles. The minimum Gasteiger partial charge on any atom is -0.461 e. The van der Waals surface area contributed by atoms with Gasteiger partial charge in [0.2, 0.25) is 11.7 Å². The highest BCUT2D eigenvalue weighted by Crippen LogP contribution is 2.30. The molecule has 0 saturated carbocycles. The zero-order chi connectivity index (χ0) is 13.2. The molecular formula is C14H19NO3. The zero-order valence-electron chi connectivity index (χ0n) is 10.9. The highest BCUT2D eigenvalue weighted by Gasteiger charge is 2.28. The molecule has 1 aliphatic rings. The normalized spacial score (nSPS) is 19.7. The summed E-state index contributed by atoms with van der Waals surface area (Å²) in [6.07, 6.45) is 3.82. The third kappa shape index (κ3) is 3.00. The quantitative estimate of drug-likeness (QED) is 0.773. The van der Waals surface area contributed by atoms with Crippen molar-refractivity contribution < 1.29 is 14.0 Å². The molecule has 2 rings (SSSR count). The topological polar surface area (TPSA) is 50.5 Å². The van der Waals surface area contributed by atoms with Crippen LogP contribution < -0.4 is 0 Å². The number of carbonyl (C=O) groups is 2. The molecular weight excluding hydrogens is 230 g/mol. The Morgan fingerprint density at radius 3 is 2.89 bits per heavy atom. The second-order valence-electron chi connectivity index (χ2n) is 5.63. The number of Topliss-reactive ketones (excluding diaryl/α,β-unsaturated/α-hetero) is 1. The maximum atomic E-state index is 12.0.